The summed E-state index contributed by atoms with van der Waals surface area (Å²) in [6, 6.07) is 11.7. The number of carbonyl (C=O) groups excluding carboxylic acids is 1. The molecule has 1 saturated heterocycles. The van der Waals surface area contributed by atoms with Crippen LogP contribution in [0.2, 0.25) is 0 Å². The fourth-order valence-electron chi connectivity index (χ4n) is 2.63. The first-order valence-corrected chi connectivity index (χ1v) is 9.24. The van der Waals surface area contributed by atoms with Gasteiger partial charge in [0.05, 0.1) is 24.3 Å². The van der Waals surface area contributed by atoms with Gasteiger partial charge in [0.15, 0.2) is 5.17 Å². The fourth-order valence-corrected chi connectivity index (χ4v) is 3.85. The van der Waals surface area contributed by atoms with Gasteiger partial charge in [0.1, 0.15) is 5.76 Å². The van der Waals surface area contributed by atoms with E-state index in [9.17, 15) is 4.79 Å². The van der Waals surface area contributed by atoms with Gasteiger partial charge in [-0.25, -0.2) is 0 Å². The molecule has 0 spiro atoms. The molecule has 25 heavy (non-hydrogen) atoms. The summed E-state index contributed by atoms with van der Waals surface area (Å²) in [4.78, 5) is 14.5. The summed E-state index contributed by atoms with van der Waals surface area (Å²) in [6.45, 7) is 4.66. The van der Waals surface area contributed by atoms with Crippen LogP contribution in [-0.2, 0) is 11.3 Å². The first-order valence-electron chi connectivity index (χ1n) is 8.36. The van der Waals surface area contributed by atoms with Crippen molar-refractivity contribution in [2.75, 3.05) is 0 Å². The number of benzene rings is 1. The van der Waals surface area contributed by atoms with Crippen LogP contribution < -0.4 is 0 Å². The predicted octanol–water partition coefficient (Wildman–Crippen LogP) is 4.22. The van der Waals surface area contributed by atoms with Gasteiger partial charge in [0, 0.05) is 0 Å². The smallest absolute Gasteiger partial charge is 0.242 e. The molecule has 1 fully saturated rings. The number of amidine groups is 1. The molecule has 130 valence electrons. The van der Waals surface area contributed by atoms with Gasteiger partial charge in [-0.3, -0.25) is 9.69 Å². The lowest BCUT2D eigenvalue weighted by Crippen LogP contribution is -2.31. The number of aryl methyl sites for hydroxylation is 1. The van der Waals surface area contributed by atoms with Crippen molar-refractivity contribution >= 4 is 29.1 Å². The van der Waals surface area contributed by atoms with Crippen LogP contribution >= 0.6 is 11.8 Å². The number of carbonyl (C=O) groups is 1. The predicted molar refractivity (Wildman–Crippen MR) is 102 cm³/mol. The molecule has 1 atom stereocenters. The minimum atomic E-state index is -0.0772. The highest BCUT2D eigenvalue weighted by molar-refractivity contribution is 8.15. The Balaban J connectivity index is 1.82. The van der Waals surface area contributed by atoms with Crippen molar-refractivity contribution in [1.82, 2.24) is 4.90 Å². The van der Waals surface area contributed by atoms with Gasteiger partial charge in [-0.05, 0) is 36.6 Å². The second kappa shape index (κ2) is 8.16. The summed E-state index contributed by atoms with van der Waals surface area (Å²) in [5.74, 6) is 0.747. The van der Waals surface area contributed by atoms with Gasteiger partial charge < -0.3 is 4.42 Å². The van der Waals surface area contributed by atoms with Crippen LogP contribution in [0.25, 0.3) is 0 Å². The molecule has 1 amide bonds. The van der Waals surface area contributed by atoms with Crippen molar-refractivity contribution < 1.29 is 9.21 Å². The quantitative estimate of drug-likeness (QED) is 0.576. The van der Waals surface area contributed by atoms with E-state index in [0.717, 1.165) is 24.0 Å². The molecule has 2 aromatic rings. The molecule has 3 rings (SSSR count). The van der Waals surface area contributed by atoms with Crippen LogP contribution in [0.1, 0.15) is 36.7 Å². The fraction of sp³-hybridized carbons (Fsp3) is 0.316. The Bertz CT molecular complexity index is 784. The van der Waals surface area contributed by atoms with E-state index in [0.29, 0.717) is 17.5 Å². The van der Waals surface area contributed by atoms with Crippen molar-refractivity contribution in [3.05, 3.63) is 59.5 Å². The number of thioether (sulfide) groups is 1. The zero-order valence-corrected chi connectivity index (χ0v) is 15.2. The highest BCUT2D eigenvalue weighted by Crippen LogP contribution is 2.32. The second-order valence-electron chi connectivity index (χ2n) is 5.89. The third kappa shape index (κ3) is 4.20. The van der Waals surface area contributed by atoms with E-state index >= 15 is 0 Å². The van der Waals surface area contributed by atoms with E-state index in [4.69, 9.17) is 4.42 Å². The molecule has 1 aromatic heterocycles. The summed E-state index contributed by atoms with van der Waals surface area (Å²) in [5, 5.41) is 8.95. The number of hydrogen-bond donors (Lipinski definition) is 0. The van der Waals surface area contributed by atoms with Crippen LogP contribution in [0, 0.1) is 6.92 Å². The third-order valence-corrected chi connectivity index (χ3v) is 5.27. The lowest BCUT2D eigenvalue weighted by molar-refractivity contribution is -0.126. The first-order chi connectivity index (χ1) is 12.2. The third-order valence-electron chi connectivity index (χ3n) is 4.03. The lowest BCUT2D eigenvalue weighted by atomic mass is 10.1. The Morgan fingerprint density at radius 1 is 1.28 bits per heavy atom. The van der Waals surface area contributed by atoms with Crippen LogP contribution in [0.15, 0.2) is 57.3 Å². The van der Waals surface area contributed by atoms with E-state index < -0.39 is 0 Å². The molecule has 1 unspecified atom stereocenters. The van der Waals surface area contributed by atoms with Crippen molar-refractivity contribution in [2.45, 2.75) is 38.5 Å². The van der Waals surface area contributed by atoms with Crippen LogP contribution in [0.5, 0.6) is 0 Å². The van der Waals surface area contributed by atoms with Crippen molar-refractivity contribution in [1.29, 1.82) is 0 Å². The minimum Gasteiger partial charge on any atom is -0.463 e. The first kappa shape index (κ1) is 17.5. The molecule has 1 aromatic carbocycles. The normalized spacial score (nSPS) is 19.4. The van der Waals surface area contributed by atoms with Crippen LogP contribution in [0.3, 0.4) is 0 Å². The average molecular weight is 355 g/mol. The maximum absolute atomic E-state index is 12.8. The molecule has 5 nitrogen and oxygen atoms in total. The number of furan rings is 1. The summed E-state index contributed by atoms with van der Waals surface area (Å²) in [5.41, 5.74) is 2.29. The molecular weight excluding hydrogens is 334 g/mol. The maximum atomic E-state index is 12.8. The molecule has 0 bridgehead atoms. The summed E-state index contributed by atoms with van der Waals surface area (Å²) >= 11 is 1.50. The van der Waals surface area contributed by atoms with Gasteiger partial charge in [-0.15, -0.1) is 5.10 Å². The molecule has 1 aliphatic heterocycles. The minimum absolute atomic E-state index is 0.0772. The Kier molecular flexibility index (Phi) is 5.71. The van der Waals surface area contributed by atoms with Gasteiger partial charge in [0.25, 0.3) is 0 Å². The Morgan fingerprint density at radius 2 is 2.12 bits per heavy atom. The molecule has 0 aliphatic carbocycles. The number of amides is 1. The molecule has 0 N–H and O–H groups in total. The van der Waals surface area contributed by atoms with Gasteiger partial charge in [0.2, 0.25) is 5.91 Å². The monoisotopic (exact) mass is 355 g/mol. The Labute approximate surface area is 151 Å². The van der Waals surface area contributed by atoms with E-state index in [1.165, 1.54) is 11.8 Å². The van der Waals surface area contributed by atoms with Gasteiger partial charge >= 0.3 is 0 Å². The topological polar surface area (TPSA) is 58.2 Å². The zero-order valence-electron chi connectivity index (χ0n) is 14.4. The number of nitrogens with zero attached hydrogens (tertiary/aromatic N) is 3. The summed E-state index contributed by atoms with van der Waals surface area (Å²) in [6.07, 6.45) is 4.94. The molecule has 1 aliphatic rings. The van der Waals surface area contributed by atoms with E-state index in [1.807, 2.05) is 24.3 Å². The average Bonchev–Trinajstić information content (AvgIpc) is 3.21. The molecular formula is C19H21N3O2S. The maximum Gasteiger partial charge on any atom is 0.242 e. The van der Waals surface area contributed by atoms with E-state index in [2.05, 4.69) is 30.1 Å². The van der Waals surface area contributed by atoms with Crippen molar-refractivity contribution in [3.8, 4) is 0 Å². The van der Waals surface area contributed by atoms with Gasteiger partial charge in [-0.1, -0.05) is 49.4 Å². The summed E-state index contributed by atoms with van der Waals surface area (Å²) in [7, 11) is 0. The van der Waals surface area contributed by atoms with Crippen LogP contribution in [0.4, 0.5) is 0 Å². The van der Waals surface area contributed by atoms with Crippen molar-refractivity contribution in [3.63, 3.8) is 0 Å². The van der Waals surface area contributed by atoms with Gasteiger partial charge in [-0.2, -0.15) is 5.10 Å². The largest absolute Gasteiger partial charge is 0.463 e. The SMILES string of the molecule is CCCC1S/C(=N\N=C\c2ccco2)N(Cc2ccccc2C)C1=O. The Hall–Kier alpha value is -2.34. The highest BCUT2D eigenvalue weighted by Gasteiger charge is 2.37. The Morgan fingerprint density at radius 3 is 2.84 bits per heavy atom. The number of hydrogen-bond acceptors (Lipinski definition) is 5. The van der Waals surface area contributed by atoms with E-state index in [1.54, 1.807) is 23.4 Å². The molecule has 6 heteroatoms. The van der Waals surface area contributed by atoms with Crippen molar-refractivity contribution in [2.24, 2.45) is 10.2 Å². The molecule has 2 heterocycles. The highest BCUT2D eigenvalue weighted by atomic mass is 32.2. The van der Waals surface area contributed by atoms with Crippen LogP contribution in [-0.4, -0.2) is 27.4 Å². The zero-order chi connectivity index (χ0) is 17.6. The number of rotatable bonds is 6. The standard InChI is InChI=1S/C19H21N3O2S/c1-3-7-17-18(23)22(13-15-9-5-4-8-14(15)2)19(25-17)21-20-12-16-10-6-11-24-16/h4-6,8-12,17H,3,7,13H2,1-2H3/b20-12+,21-19-. The lowest BCUT2D eigenvalue weighted by Gasteiger charge is -2.17. The van der Waals surface area contributed by atoms with E-state index in [-0.39, 0.29) is 11.2 Å². The molecule has 0 saturated carbocycles. The summed E-state index contributed by atoms with van der Waals surface area (Å²) < 4.78 is 5.21. The molecule has 0 radical (unpaired) electrons. The second-order valence-corrected chi connectivity index (χ2v) is 7.06.